The van der Waals surface area contributed by atoms with Crippen LogP contribution in [0.2, 0.25) is 0 Å². The van der Waals surface area contributed by atoms with E-state index in [0.29, 0.717) is 11.8 Å². The highest BCUT2D eigenvalue weighted by atomic mass is 15.2. The van der Waals surface area contributed by atoms with Crippen LogP contribution < -0.4 is 5.73 Å². The summed E-state index contributed by atoms with van der Waals surface area (Å²) in [5.74, 6) is 1.17. The van der Waals surface area contributed by atoms with Crippen molar-refractivity contribution in [3.63, 3.8) is 0 Å². The minimum absolute atomic E-state index is 0.511. The van der Waals surface area contributed by atoms with Crippen LogP contribution in [0.5, 0.6) is 0 Å². The van der Waals surface area contributed by atoms with Crippen LogP contribution in [-0.4, -0.2) is 11.5 Å². The molecule has 0 fully saturated rings. The van der Waals surface area contributed by atoms with Crippen molar-refractivity contribution in [2.45, 2.75) is 26.7 Å². The van der Waals surface area contributed by atoms with Gasteiger partial charge in [-0.25, -0.2) is 0 Å². The van der Waals surface area contributed by atoms with Crippen LogP contribution in [0.3, 0.4) is 0 Å². The molecule has 10 heavy (non-hydrogen) atoms. The number of rotatable bonds is 1. The van der Waals surface area contributed by atoms with E-state index < -0.39 is 0 Å². The predicted molar refractivity (Wildman–Crippen MR) is 43.1 cm³/mol. The second kappa shape index (κ2) is 2.82. The molecule has 0 aromatic rings. The van der Waals surface area contributed by atoms with E-state index in [1.165, 1.54) is 0 Å². The lowest BCUT2D eigenvalue weighted by Gasteiger charge is -2.11. The fourth-order valence-corrected chi connectivity index (χ4v) is 0.889. The molecule has 1 aliphatic rings. The molecule has 1 rings (SSSR count). The summed E-state index contributed by atoms with van der Waals surface area (Å²) in [6, 6.07) is 0. The largest absolute Gasteiger partial charge is 0.386 e. The molecule has 3 heteroatoms. The minimum Gasteiger partial charge on any atom is -0.386 e. The van der Waals surface area contributed by atoms with Gasteiger partial charge in [0.15, 0.2) is 0 Å². The van der Waals surface area contributed by atoms with Crippen molar-refractivity contribution in [2.75, 3.05) is 0 Å². The Bertz CT molecular complexity index is 179. The van der Waals surface area contributed by atoms with E-state index in [4.69, 9.17) is 5.73 Å². The Labute approximate surface area is 61.0 Å². The third-order valence-electron chi connectivity index (χ3n) is 1.61. The van der Waals surface area contributed by atoms with Crippen LogP contribution in [-0.2, 0) is 0 Å². The summed E-state index contributed by atoms with van der Waals surface area (Å²) < 4.78 is 0. The van der Waals surface area contributed by atoms with Gasteiger partial charge in [0.2, 0.25) is 0 Å². The first-order valence-electron chi connectivity index (χ1n) is 3.59. The van der Waals surface area contributed by atoms with Crippen molar-refractivity contribution in [2.24, 2.45) is 21.9 Å². The smallest absolute Gasteiger partial charge is 0.122 e. The number of hydrogen-bond donors (Lipinski definition) is 1. The van der Waals surface area contributed by atoms with Crippen LogP contribution in [0.1, 0.15) is 26.7 Å². The molecule has 0 aromatic carbocycles. The van der Waals surface area contributed by atoms with Gasteiger partial charge in [-0.05, 0) is 12.3 Å². The van der Waals surface area contributed by atoms with E-state index in [9.17, 15) is 0 Å². The third kappa shape index (κ3) is 1.56. The Kier molecular flexibility index (Phi) is 2.04. The molecule has 0 radical (unpaired) electrons. The Morgan fingerprint density at radius 1 is 1.30 bits per heavy atom. The van der Waals surface area contributed by atoms with Gasteiger partial charge in [-0.15, -0.1) is 5.10 Å². The van der Waals surface area contributed by atoms with Gasteiger partial charge >= 0.3 is 0 Å². The molecule has 56 valence electrons. The molecule has 1 aliphatic heterocycles. The SMILES string of the molecule is CC(C)C1=NN=C(N)CC1. The molecule has 1 heterocycles. The summed E-state index contributed by atoms with van der Waals surface area (Å²) in [5.41, 5.74) is 6.60. The molecule has 2 N–H and O–H groups in total. The molecule has 0 atom stereocenters. The topological polar surface area (TPSA) is 50.7 Å². The number of nitrogens with two attached hydrogens (primary N) is 1. The van der Waals surface area contributed by atoms with Crippen LogP contribution in [0.25, 0.3) is 0 Å². The summed E-state index contributed by atoms with van der Waals surface area (Å²) >= 11 is 0. The highest BCUT2D eigenvalue weighted by Gasteiger charge is 2.09. The highest BCUT2D eigenvalue weighted by molar-refractivity contribution is 5.93. The lowest BCUT2D eigenvalue weighted by atomic mass is 10.0. The normalized spacial score (nSPS) is 18.7. The van der Waals surface area contributed by atoms with E-state index in [0.717, 1.165) is 18.6 Å². The molecule has 0 bridgehead atoms. The van der Waals surface area contributed by atoms with E-state index in [-0.39, 0.29) is 0 Å². The Morgan fingerprint density at radius 2 is 2.00 bits per heavy atom. The fourth-order valence-electron chi connectivity index (χ4n) is 0.889. The van der Waals surface area contributed by atoms with Gasteiger partial charge < -0.3 is 5.73 Å². The first-order chi connectivity index (χ1) is 4.70. The number of hydrogen-bond acceptors (Lipinski definition) is 3. The monoisotopic (exact) mass is 139 g/mol. The number of amidine groups is 1. The molecule has 0 aliphatic carbocycles. The van der Waals surface area contributed by atoms with Gasteiger partial charge in [-0.2, -0.15) is 5.10 Å². The van der Waals surface area contributed by atoms with Crippen molar-refractivity contribution in [3.8, 4) is 0 Å². The molecule has 0 aromatic heterocycles. The Hall–Kier alpha value is -0.860. The molecule has 0 unspecified atom stereocenters. The fraction of sp³-hybridized carbons (Fsp3) is 0.714. The van der Waals surface area contributed by atoms with E-state index >= 15 is 0 Å². The van der Waals surface area contributed by atoms with E-state index in [2.05, 4.69) is 24.1 Å². The van der Waals surface area contributed by atoms with Crippen LogP contribution in [0.15, 0.2) is 10.2 Å². The molecular formula is C7H13N3. The molecule has 0 spiro atoms. The van der Waals surface area contributed by atoms with Crippen molar-refractivity contribution in [1.29, 1.82) is 0 Å². The average Bonchev–Trinajstić information content (AvgIpc) is 1.88. The van der Waals surface area contributed by atoms with Gasteiger partial charge in [0.25, 0.3) is 0 Å². The maximum absolute atomic E-state index is 5.44. The third-order valence-corrected chi connectivity index (χ3v) is 1.61. The van der Waals surface area contributed by atoms with E-state index in [1.807, 2.05) is 0 Å². The summed E-state index contributed by atoms with van der Waals surface area (Å²) in [6.07, 6.45) is 1.85. The Balaban J connectivity index is 2.64. The summed E-state index contributed by atoms with van der Waals surface area (Å²) in [4.78, 5) is 0. The zero-order chi connectivity index (χ0) is 7.56. The lowest BCUT2D eigenvalue weighted by Crippen LogP contribution is -2.19. The van der Waals surface area contributed by atoms with Crippen molar-refractivity contribution < 1.29 is 0 Å². The molecular weight excluding hydrogens is 126 g/mol. The summed E-state index contributed by atoms with van der Waals surface area (Å²) in [5, 5.41) is 7.80. The van der Waals surface area contributed by atoms with Gasteiger partial charge in [-0.1, -0.05) is 13.8 Å². The first kappa shape index (κ1) is 7.25. The average molecular weight is 139 g/mol. The highest BCUT2D eigenvalue weighted by Crippen LogP contribution is 2.08. The van der Waals surface area contributed by atoms with E-state index in [1.54, 1.807) is 0 Å². The van der Waals surface area contributed by atoms with Crippen LogP contribution in [0, 0.1) is 5.92 Å². The zero-order valence-electron chi connectivity index (χ0n) is 6.46. The van der Waals surface area contributed by atoms with Gasteiger partial charge in [0.05, 0.1) is 0 Å². The van der Waals surface area contributed by atoms with Gasteiger partial charge in [0.1, 0.15) is 5.84 Å². The molecule has 0 saturated heterocycles. The van der Waals surface area contributed by atoms with Crippen molar-refractivity contribution in [3.05, 3.63) is 0 Å². The molecule has 0 saturated carbocycles. The number of nitrogens with zero attached hydrogens (tertiary/aromatic N) is 2. The van der Waals surface area contributed by atoms with Gasteiger partial charge in [-0.3, -0.25) is 0 Å². The molecule has 3 nitrogen and oxygen atoms in total. The van der Waals surface area contributed by atoms with Crippen LogP contribution in [0.4, 0.5) is 0 Å². The van der Waals surface area contributed by atoms with Gasteiger partial charge in [0, 0.05) is 12.1 Å². The van der Waals surface area contributed by atoms with Crippen LogP contribution >= 0.6 is 0 Å². The second-order valence-electron chi connectivity index (χ2n) is 2.84. The molecule has 0 amide bonds. The predicted octanol–water partition coefficient (Wildman–Crippen LogP) is 1.15. The van der Waals surface area contributed by atoms with Crippen molar-refractivity contribution >= 4 is 11.5 Å². The maximum atomic E-state index is 5.44. The van der Waals surface area contributed by atoms with Crippen molar-refractivity contribution in [1.82, 2.24) is 0 Å². The first-order valence-corrected chi connectivity index (χ1v) is 3.59. The Morgan fingerprint density at radius 3 is 2.40 bits per heavy atom. The quantitative estimate of drug-likeness (QED) is 0.582. The zero-order valence-corrected chi connectivity index (χ0v) is 6.46. The summed E-state index contributed by atoms with van der Waals surface area (Å²) in [7, 11) is 0. The second-order valence-corrected chi connectivity index (χ2v) is 2.84. The summed E-state index contributed by atoms with van der Waals surface area (Å²) in [6.45, 7) is 4.24. The minimum atomic E-state index is 0.511. The maximum Gasteiger partial charge on any atom is 0.122 e. The standard InChI is InChI=1S/C7H13N3/c1-5(2)6-3-4-7(8)10-9-6/h5H,3-4H2,1-2H3,(H2,8,10). The lowest BCUT2D eigenvalue weighted by molar-refractivity contribution is 0.824.